The van der Waals surface area contributed by atoms with Crippen LogP contribution in [0, 0.1) is 36.5 Å². The molecule has 0 aliphatic heterocycles. The molecule has 0 bridgehead atoms. The Balaban J connectivity index is 1.01. The van der Waals surface area contributed by atoms with E-state index in [9.17, 15) is 40.5 Å². The first-order chi connectivity index (χ1) is 34.8. The number of aryl methyl sites for hydroxylation is 2. The molecule has 6 aromatic rings. The number of ether oxygens (including phenoxy) is 4. The number of aromatic nitrogens is 2. The third kappa shape index (κ3) is 11.4. The van der Waals surface area contributed by atoms with E-state index < -0.39 is 37.2 Å². The van der Waals surface area contributed by atoms with Gasteiger partial charge in [-0.15, -0.1) is 0 Å². The van der Waals surface area contributed by atoms with Crippen LogP contribution in [0.3, 0.4) is 0 Å². The predicted molar refractivity (Wildman–Crippen MR) is 265 cm³/mol. The van der Waals surface area contributed by atoms with Gasteiger partial charge in [-0.2, -0.15) is 10.5 Å². The monoisotopic (exact) mass is 1010 g/mol. The number of hydrogen-bond acceptors (Lipinski definition) is 14. The molecule has 0 radical (unpaired) electrons. The summed E-state index contributed by atoms with van der Waals surface area (Å²) in [6.07, 6.45) is 5.70. The maximum atomic E-state index is 11.7. The van der Waals surface area contributed by atoms with E-state index >= 15 is 0 Å². The van der Waals surface area contributed by atoms with Crippen molar-refractivity contribution in [2.45, 2.75) is 90.1 Å². The number of nitrogens with zero attached hydrogens (tertiary/aromatic N) is 4. The van der Waals surface area contributed by atoms with Gasteiger partial charge in [0, 0.05) is 59.9 Å². The van der Waals surface area contributed by atoms with Crippen LogP contribution in [0.25, 0.3) is 11.4 Å². The van der Waals surface area contributed by atoms with Crippen molar-refractivity contribution in [3.8, 4) is 46.5 Å². The summed E-state index contributed by atoms with van der Waals surface area (Å²) in [6.45, 7) is 2.62. The van der Waals surface area contributed by atoms with Gasteiger partial charge in [-0.3, -0.25) is 30.2 Å². The maximum Gasteiger partial charge on any atom is 0.323 e. The van der Waals surface area contributed by atoms with Crippen LogP contribution < -0.4 is 29.6 Å². The van der Waals surface area contributed by atoms with Crippen molar-refractivity contribution in [2.24, 2.45) is 0 Å². The SMILES string of the molecule is Cc1cccc2c1CC[C@@H]2Oc1cc(OCc2cnc(-c3ncc(COc4cc(O[C@H]5CCc6c(C)cccc65)c(Cl)cc4CN[C@@H](CO)C(=O)O)cc3C#N)c(C#N)c2)c(CN[C@@H](CO)C(=O)O)cc1Cl. The van der Waals surface area contributed by atoms with E-state index in [4.69, 9.17) is 42.1 Å². The molecule has 0 unspecified atom stereocenters. The Morgan fingerprint density at radius 3 is 1.46 bits per heavy atom. The summed E-state index contributed by atoms with van der Waals surface area (Å²) in [7, 11) is 0. The molecule has 2 aliphatic carbocycles. The average molecular weight is 1010 g/mol. The summed E-state index contributed by atoms with van der Waals surface area (Å²) < 4.78 is 25.5. The minimum atomic E-state index is -1.25. The van der Waals surface area contributed by atoms with Crippen LogP contribution in [-0.2, 0) is 48.7 Å². The summed E-state index contributed by atoms with van der Waals surface area (Å²) in [6, 6.07) is 23.7. The zero-order valence-corrected chi connectivity index (χ0v) is 40.8. The molecular weight excluding hydrogens is 964 g/mol. The number of carboxylic acids is 2. The zero-order chi connectivity index (χ0) is 51.1. The Hall–Kier alpha value is -7.28. The first-order valence-electron chi connectivity index (χ1n) is 23.1. The molecule has 4 aromatic carbocycles. The van der Waals surface area contributed by atoms with Gasteiger partial charge in [-0.25, -0.2) is 0 Å². The van der Waals surface area contributed by atoms with Crippen LogP contribution in [0.5, 0.6) is 23.0 Å². The number of hydrogen-bond donors (Lipinski definition) is 6. The van der Waals surface area contributed by atoms with E-state index in [0.717, 1.165) is 36.8 Å². The molecule has 0 spiro atoms. The molecule has 0 fully saturated rings. The number of aliphatic hydroxyl groups excluding tert-OH is 2. The van der Waals surface area contributed by atoms with Crippen molar-refractivity contribution >= 4 is 35.1 Å². The molecule has 8 rings (SSSR count). The summed E-state index contributed by atoms with van der Waals surface area (Å²) in [4.78, 5) is 32.5. The summed E-state index contributed by atoms with van der Waals surface area (Å²) in [5, 5.41) is 65.3. The van der Waals surface area contributed by atoms with Gasteiger partial charge >= 0.3 is 11.9 Å². The highest BCUT2D eigenvalue weighted by Crippen LogP contribution is 2.43. The molecular formula is C54H50Cl2N6O10. The first kappa shape index (κ1) is 51.1. The number of carbonyl (C=O) groups is 2. The number of rotatable bonds is 21. The highest BCUT2D eigenvalue weighted by molar-refractivity contribution is 6.32. The number of carboxylic acid groups (broad SMARTS) is 2. The lowest BCUT2D eigenvalue weighted by molar-refractivity contribution is -0.141. The Labute approximate surface area is 425 Å². The lowest BCUT2D eigenvalue weighted by Gasteiger charge is -2.20. The van der Waals surface area contributed by atoms with Gasteiger partial charge in [0.2, 0.25) is 0 Å². The van der Waals surface area contributed by atoms with Gasteiger partial charge in [0.05, 0.1) is 34.4 Å². The Morgan fingerprint density at radius 1 is 0.667 bits per heavy atom. The Bertz CT molecular complexity index is 2910. The second-order valence-corrected chi connectivity index (χ2v) is 18.4. The molecule has 2 aromatic heterocycles. The molecule has 2 aliphatic rings. The molecule has 370 valence electrons. The quantitative estimate of drug-likeness (QED) is 0.0398. The molecule has 18 heteroatoms. The second kappa shape index (κ2) is 22.9. The molecule has 2 heterocycles. The topological polar surface area (TPSA) is 249 Å². The van der Waals surface area contributed by atoms with Gasteiger partial charge < -0.3 is 39.4 Å². The highest BCUT2D eigenvalue weighted by atomic mass is 35.5. The van der Waals surface area contributed by atoms with Gasteiger partial charge in [0.25, 0.3) is 0 Å². The van der Waals surface area contributed by atoms with Crippen molar-refractivity contribution in [3.63, 3.8) is 0 Å². The standard InChI is InChI=1S/C54H50Cl2N6O10/c1-29-5-3-7-39-37(29)9-11-45(39)71-49-17-47(35(15-41(49)55)23-59-43(25-63)53(65)66)69-27-31-13-33(19-57)51(61-21-31)52-34(20-58)14-32(22-62-52)28-70-48-18-50(42(56)16-36(48)24-60-44(26-64)54(67)68)72-46-12-10-38-30(2)6-4-8-40(38)46/h3-8,13-18,21-22,43-46,59-60,63-64H,9-12,23-28H2,1-2H3,(H,65,66)(H,67,68)/t43-,44-,45-,46-/m0/s1. The van der Waals surface area contributed by atoms with E-state index in [2.05, 4.69) is 58.7 Å². The molecule has 72 heavy (non-hydrogen) atoms. The summed E-state index contributed by atoms with van der Waals surface area (Å²) >= 11 is 13.5. The number of fused-ring (bicyclic) bond motifs is 2. The molecule has 0 saturated carbocycles. The smallest absolute Gasteiger partial charge is 0.323 e. The lowest BCUT2D eigenvalue weighted by Crippen LogP contribution is -2.39. The third-order valence-corrected chi connectivity index (χ3v) is 13.4. The zero-order valence-electron chi connectivity index (χ0n) is 39.2. The van der Waals surface area contributed by atoms with E-state index in [0.29, 0.717) is 45.3 Å². The van der Waals surface area contributed by atoms with E-state index in [1.807, 2.05) is 24.3 Å². The molecule has 16 nitrogen and oxygen atoms in total. The van der Waals surface area contributed by atoms with Gasteiger partial charge in [0.15, 0.2) is 0 Å². The van der Waals surface area contributed by atoms with E-state index in [1.54, 1.807) is 36.4 Å². The van der Waals surface area contributed by atoms with Crippen LogP contribution >= 0.6 is 23.2 Å². The molecule has 0 amide bonds. The predicted octanol–water partition coefficient (Wildman–Crippen LogP) is 8.17. The van der Waals surface area contributed by atoms with Crippen LogP contribution in [0.2, 0.25) is 10.0 Å². The fourth-order valence-electron chi connectivity index (χ4n) is 9.00. The van der Waals surface area contributed by atoms with Crippen molar-refractivity contribution < 1.29 is 49.0 Å². The number of nitrogens with one attached hydrogen (secondary N) is 2. The van der Waals surface area contributed by atoms with Crippen molar-refractivity contribution in [1.29, 1.82) is 10.5 Å². The maximum absolute atomic E-state index is 11.7. The van der Waals surface area contributed by atoms with Gasteiger partial charge in [-0.1, -0.05) is 59.6 Å². The largest absolute Gasteiger partial charge is 0.488 e. The van der Waals surface area contributed by atoms with Crippen LogP contribution in [-0.4, -0.2) is 67.6 Å². The lowest BCUT2D eigenvalue weighted by atomic mass is 10.0. The van der Waals surface area contributed by atoms with Crippen molar-refractivity contribution in [2.75, 3.05) is 13.2 Å². The second-order valence-electron chi connectivity index (χ2n) is 17.5. The summed E-state index contributed by atoms with van der Waals surface area (Å²) in [5.41, 5.74) is 9.49. The van der Waals surface area contributed by atoms with Crippen LogP contribution in [0.4, 0.5) is 0 Å². The Kier molecular flexibility index (Phi) is 16.2. The van der Waals surface area contributed by atoms with E-state index in [1.165, 1.54) is 34.6 Å². The van der Waals surface area contributed by atoms with E-state index in [-0.39, 0.29) is 71.1 Å². The van der Waals surface area contributed by atoms with Crippen LogP contribution in [0.15, 0.2) is 85.2 Å². The number of halogens is 2. The van der Waals surface area contributed by atoms with Crippen molar-refractivity contribution in [1.82, 2.24) is 20.6 Å². The molecule has 4 atom stereocenters. The Morgan fingerprint density at radius 2 is 1.08 bits per heavy atom. The highest BCUT2D eigenvalue weighted by Gasteiger charge is 2.29. The fraction of sp³-hybridized carbons (Fsp3) is 0.296. The molecule has 6 N–H and O–H groups in total. The third-order valence-electron chi connectivity index (χ3n) is 12.8. The van der Waals surface area contributed by atoms with Gasteiger partial charge in [0.1, 0.15) is 84.0 Å². The first-order valence-corrected chi connectivity index (χ1v) is 23.9. The normalized spacial score (nSPS) is 15.4. The minimum Gasteiger partial charge on any atom is -0.488 e. The van der Waals surface area contributed by atoms with Crippen molar-refractivity contribution in [3.05, 3.63) is 162 Å². The number of pyridine rings is 2. The number of aliphatic hydroxyl groups is 2. The van der Waals surface area contributed by atoms with Crippen LogP contribution in [0.1, 0.15) is 91.8 Å². The number of benzene rings is 4. The molecule has 0 saturated heterocycles. The number of aliphatic carboxylic acids is 2. The minimum absolute atomic E-state index is 0.0242. The average Bonchev–Trinajstić information content (AvgIpc) is 3.99. The summed E-state index contributed by atoms with van der Waals surface area (Å²) in [5.74, 6) is -1.12. The van der Waals surface area contributed by atoms with Gasteiger partial charge in [-0.05, 0) is 97.2 Å². The number of nitriles is 2. The fourth-order valence-corrected chi connectivity index (χ4v) is 9.46.